The number of hydrogen-bond donors (Lipinski definition) is 1. The fourth-order valence-corrected chi connectivity index (χ4v) is 3.42. The van der Waals surface area contributed by atoms with Crippen LogP contribution >= 0.6 is 24.2 Å². The van der Waals surface area contributed by atoms with Crippen molar-refractivity contribution in [3.8, 4) is 0 Å². The first-order chi connectivity index (χ1) is 8.96. The molecule has 1 amide bonds. The van der Waals surface area contributed by atoms with E-state index in [1.54, 1.807) is 11.8 Å². The van der Waals surface area contributed by atoms with Gasteiger partial charge in [-0.2, -0.15) is 0 Å². The smallest absolute Gasteiger partial charge is 0.232 e. The van der Waals surface area contributed by atoms with Crippen molar-refractivity contribution in [3.63, 3.8) is 0 Å². The van der Waals surface area contributed by atoms with Crippen molar-refractivity contribution in [1.82, 2.24) is 15.1 Å². The van der Waals surface area contributed by atoms with Crippen LogP contribution in [0.25, 0.3) is 0 Å². The molecule has 118 valence electrons. The summed E-state index contributed by atoms with van der Waals surface area (Å²) < 4.78 is 0.174. The van der Waals surface area contributed by atoms with Gasteiger partial charge in [0.05, 0.1) is 5.75 Å². The first-order valence-corrected chi connectivity index (χ1v) is 8.31. The molecule has 1 unspecified atom stereocenters. The molecule has 0 aromatic rings. The van der Waals surface area contributed by atoms with E-state index >= 15 is 0 Å². The summed E-state index contributed by atoms with van der Waals surface area (Å²) in [5.74, 6) is 0.940. The Bertz CT molecular complexity index is 316. The van der Waals surface area contributed by atoms with Crippen molar-refractivity contribution < 1.29 is 4.79 Å². The van der Waals surface area contributed by atoms with Crippen molar-refractivity contribution in [2.45, 2.75) is 38.0 Å². The molecule has 0 spiro atoms. The molecule has 4 nitrogen and oxygen atoms in total. The molecule has 2 fully saturated rings. The highest BCUT2D eigenvalue weighted by molar-refractivity contribution is 8.01. The van der Waals surface area contributed by atoms with E-state index in [9.17, 15) is 4.79 Å². The molecule has 0 aromatic carbocycles. The number of likely N-dealkylation sites (tertiary alicyclic amines) is 1. The van der Waals surface area contributed by atoms with Gasteiger partial charge in [0, 0.05) is 50.1 Å². The third-order valence-electron chi connectivity index (χ3n) is 3.81. The largest absolute Gasteiger partial charge is 0.340 e. The number of halogens is 1. The molecule has 1 N–H and O–H groups in total. The molecule has 20 heavy (non-hydrogen) atoms. The lowest BCUT2D eigenvalue weighted by atomic mass is 10.2. The van der Waals surface area contributed by atoms with Gasteiger partial charge in [-0.1, -0.05) is 20.8 Å². The third-order valence-corrected chi connectivity index (χ3v) is 5.07. The zero-order valence-electron chi connectivity index (χ0n) is 12.9. The second-order valence-corrected chi connectivity index (χ2v) is 8.27. The molecule has 0 aromatic heterocycles. The van der Waals surface area contributed by atoms with Crippen molar-refractivity contribution >= 4 is 30.1 Å². The number of nitrogens with zero attached hydrogens (tertiary/aromatic N) is 2. The highest BCUT2D eigenvalue weighted by Crippen LogP contribution is 2.24. The first kappa shape index (κ1) is 18.1. The van der Waals surface area contributed by atoms with Crippen LogP contribution in [0.3, 0.4) is 0 Å². The van der Waals surface area contributed by atoms with Gasteiger partial charge in [-0.3, -0.25) is 9.69 Å². The van der Waals surface area contributed by atoms with Crippen LogP contribution in [0.5, 0.6) is 0 Å². The first-order valence-electron chi connectivity index (χ1n) is 7.32. The standard InChI is InChI=1S/C14H27N3OS.ClH/c1-14(2,3)19-11-13(18)17-7-4-12(10-17)16-8-5-15-6-9-16;/h12,15H,4-11H2,1-3H3;1H. The van der Waals surface area contributed by atoms with Crippen LogP contribution in [-0.4, -0.2) is 71.5 Å². The number of carbonyl (C=O) groups is 1. The Labute approximate surface area is 133 Å². The Hall–Kier alpha value is 0.0300. The quantitative estimate of drug-likeness (QED) is 0.853. The molecule has 0 saturated carbocycles. The number of amides is 1. The number of rotatable bonds is 3. The fraction of sp³-hybridized carbons (Fsp3) is 0.929. The van der Waals surface area contributed by atoms with Crippen LogP contribution in [0.2, 0.25) is 0 Å². The Kier molecular flexibility index (Phi) is 7.12. The predicted octanol–water partition coefficient (Wildman–Crippen LogP) is 1.45. The lowest BCUT2D eigenvalue weighted by molar-refractivity contribution is -0.127. The number of thioether (sulfide) groups is 1. The molecule has 0 aliphatic carbocycles. The number of nitrogens with one attached hydrogen (secondary N) is 1. The van der Waals surface area contributed by atoms with Crippen LogP contribution in [0, 0.1) is 0 Å². The second kappa shape index (κ2) is 7.87. The maximum atomic E-state index is 12.2. The molecule has 2 saturated heterocycles. The normalized spacial score (nSPS) is 24.6. The molecule has 2 heterocycles. The summed E-state index contributed by atoms with van der Waals surface area (Å²) in [5, 5.41) is 3.38. The molecule has 0 radical (unpaired) electrons. The number of hydrogen-bond acceptors (Lipinski definition) is 4. The van der Waals surface area contributed by atoms with E-state index in [0.717, 1.165) is 45.7 Å². The zero-order valence-corrected chi connectivity index (χ0v) is 14.5. The monoisotopic (exact) mass is 321 g/mol. The summed E-state index contributed by atoms with van der Waals surface area (Å²) in [6.45, 7) is 12.8. The Morgan fingerprint density at radius 1 is 1.25 bits per heavy atom. The van der Waals surface area contributed by atoms with Gasteiger partial charge < -0.3 is 10.2 Å². The Morgan fingerprint density at radius 3 is 2.50 bits per heavy atom. The van der Waals surface area contributed by atoms with E-state index in [0.29, 0.717) is 17.7 Å². The minimum Gasteiger partial charge on any atom is -0.340 e. The summed E-state index contributed by atoms with van der Waals surface area (Å²) in [6, 6.07) is 0.589. The van der Waals surface area contributed by atoms with Crippen molar-refractivity contribution in [2.24, 2.45) is 0 Å². The molecule has 2 aliphatic rings. The molecular formula is C14H28ClN3OS. The third kappa shape index (κ3) is 5.43. The van der Waals surface area contributed by atoms with Crippen LogP contribution in [0.4, 0.5) is 0 Å². The summed E-state index contributed by atoms with van der Waals surface area (Å²) in [5.41, 5.74) is 0. The number of piperazine rings is 1. The maximum absolute atomic E-state index is 12.2. The van der Waals surface area contributed by atoms with Crippen LogP contribution in [0.1, 0.15) is 27.2 Å². The van der Waals surface area contributed by atoms with E-state index < -0.39 is 0 Å². The van der Waals surface area contributed by atoms with E-state index in [-0.39, 0.29) is 17.2 Å². The van der Waals surface area contributed by atoms with Crippen LogP contribution in [-0.2, 0) is 4.79 Å². The Balaban J connectivity index is 0.00000200. The molecule has 1 atom stereocenters. The highest BCUT2D eigenvalue weighted by Gasteiger charge is 2.31. The molecule has 2 aliphatic heterocycles. The fourth-order valence-electron chi connectivity index (χ4n) is 2.68. The Morgan fingerprint density at radius 2 is 1.90 bits per heavy atom. The van der Waals surface area contributed by atoms with Crippen molar-refractivity contribution in [2.75, 3.05) is 45.0 Å². The van der Waals surface area contributed by atoms with Gasteiger partial charge in [0.2, 0.25) is 5.91 Å². The van der Waals surface area contributed by atoms with Gasteiger partial charge in [-0.05, 0) is 6.42 Å². The molecule has 2 rings (SSSR count). The van der Waals surface area contributed by atoms with Gasteiger partial charge in [-0.25, -0.2) is 0 Å². The highest BCUT2D eigenvalue weighted by atomic mass is 35.5. The van der Waals surface area contributed by atoms with Crippen molar-refractivity contribution in [3.05, 3.63) is 0 Å². The summed E-state index contributed by atoms with van der Waals surface area (Å²) in [7, 11) is 0. The van der Waals surface area contributed by atoms with Crippen molar-refractivity contribution in [1.29, 1.82) is 0 Å². The number of carbonyl (C=O) groups excluding carboxylic acids is 1. The molecular weight excluding hydrogens is 294 g/mol. The average molecular weight is 322 g/mol. The van der Waals surface area contributed by atoms with E-state index in [1.165, 1.54) is 0 Å². The van der Waals surface area contributed by atoms with E-state index in [2.05, 4.69) is 35.9 Å². The lowest BCUT2D eigenvalue weighted by Crippen LogP contribution is -2.49. The zero-order chi connectivity index (χ0) is 13.9. The van der Waals surface area contributed by atoms with Gasteiger partial charge in [-0.15, -0.1) is 24.2 Å². The molecule has 0 bridgehead atoms. The summed E-state index contributed by atoms with van der Waals surface area (Å²) in [4.78, 5) is 16.8. The van der Waals surface area contributed by atoms with Crippen LogP contribution < -0.4 is 5.32 Å². The minimum atomic E-state index is 0. The minimum absolute atomic E-state index is 0. The topological polar surface area (TPSA) is 35.6 Å². The van der Waals surface area contributed by atoms with Gasteiger partial charge in [0.1, 0.15) is 0 Å². The molecule has 6 heteroatoms. The van der Waals surface area contributed by atoms with Gasteiger partial charge in [0.25, 0.3) is 0 Å². The van der Waals surface area contributed by atoms with Crippen LogP contribution in [0.15, 0.2) is 0 Å². The average Bonchev–Trinajstić information content (AvgIpc) is 2.86. The van der Waals surface area contributed by atoms with E-state index in [1.807, 2.05) is 0 Å². The van der Waals surface area contributed by atoms with Gasteiger partial charge >= 0.3 is 0 Å². The van der Waals surface area contributed by atoms with Gasteiger partial charge in [0.15, 0.2) is 0 Å². The summed E-state index contributed by atoms with van der Waals surface area (Å²) in [6.07, 6.45) is 1.14. The lowest BCUT2D eigenvalue weighted by Gasteiger charge is -2.32. The van der Waals surface area contributed by atoms with E-state index in [4.69, 9.17) is 0 Å². The second-order valence-electron chi connectivity index (χ2n) is 6.47. The maximum Gasteiger partial charge on any atom is 0.232 e. The SMILES string of the molecule is CC(C)(C)SCC(=O)N1CCC(N2CCNCC2)C1.Cl. The predicted molar refractivity (Wildman–Crippen MR) is 88.9 cm³/mol. The summed E-state index contributed by atoms with van der Waals surface area (Å²) >= 11 is 1.75.